The first-order valence-corrected chi connectivity index (χ1v) is 10.7. The van der Waals surface area contributed by atoms with E-state index in [9.17, 15) is 4.79 Å². The molecule has 1 aromatic carbocycles. The molecule has 0 N–H and O–H groups in total. The number of ketones is 1. The zero-order chi connectivity index (χ0) is 20.1. The van der Waals surface area contributed by atoms with E-state index in [0.717, 1.165) is 57.5 Å². The maximum Gasteiger partial charge on any atom is 0.267 e. The maximum absolute atomic E-state index is 12.2. The van der Waals surface area contributed by atoms with Gasteiger partial charge >= 0.3 is 0 Å². The Morgan fingerprint density at radius 3 is 2.76 bits per heavy atom. The summed E-state index contributed by atoms with van der Waals surface area (Å²) in [6, 6.07) is 4.02. The molecule has 5 rings (SSSR count). The Labute approximate surface area is 172 Å². The van der Waals surface area contributed by atoms with E-state index < -0.39 is 0 Å². The summed E-state index contributed by atoms with van der Waals surface area (Å²) < 4.78 is 3.84. The standard InChI is InChI=1S/C21H20BN5OS/c1-13(28)17-8-15(7-16-9-26(2)25-20(16)17)19-11-27-10-18(24-21(27)29-19)14-3-5-22(12-23)6-4-14/h7-11,14H,3-6H2,1-2H3. The van der Waals surface area contributed by atoms with Crippen molar-refractivity contribution >= 4 is 39.7 Å². The molecule has 3 aromatic heterocycles. The highest BCUT2D eigenvalue weighted by molar-refractivity contribution is 7.20. The normalized spacial score (nSPS) is 15.3. The number of rotatable bonds is 3. The van der Waals surface area contributed by atoms with Crippen molar-refractivity contribution in [1.82, 2.24) is 19.2 Å². The number of imidazole rings is 1. The number of carbonyl (C=O) groups is 1. The van der Waals surface area contributed by atoms with Gasteiger partial charge in [0.25, 0.3) is 6.71 Å². The van der Waals surface area contributed by atoms with Crippen LogP contribution in [0, 0.1) is 11.2 Å². The van der Waals surface area contributed by atoms with Gasteiger partial charge in [0.1, 0.15) is 5.52 Å². The summed E-state index contributed by atoms with van der Waals surface area (Å²) in [5.74, 6) is 2.87. The monoisotopic (exact) mass is 401 g/mol. The minimum absolute atomic E-state index is 0.0205. The van der Waals surface area contributed by atoms with Gasteiger partial charge in [0, 0.05) is 48.5 Å². The second kappa shape index (κ2) is 6.85. The molecule has 1 aliphatic heterocycles. The predicted molar refractivity (Wildman–Crippen MR) is 116 cm³/mol. The summed E-state index contributed by atoms with van der Waals surface area (Å²) in [5.41, 5.74) is 3.55. The summed E-state index contributed by atoms with van der Waals surface area (Å²) >= 11 is 1.64. The van der Waals surface area contributed by atoms with Crippen molar-refractivity contribution in [3.8, 4) is 16.4 Å². The molecule has 4 heterocycles. The number of nitriles is 1. The summed E-state index contributed by atoms with van der Waals surface area (Å²) in [6.45, 7) is 1.79. The maximum atomic E-state index is 12.2. The summed E-state index contributed by atoms with van der Waals surface area (Å²) in [5, 5.41) is 14.5. The molecule has 6 nitrogen and oxygen atoms in total. The van der Waals surface area contributed by atoms with Crippen LogP contribution in [0.15, 0.2) is 30.7 Å². The minimum atomic E-state index is 0.0205. The Kier molecular flexibility index (Phi) is 4.28. The molecular formula is C21H20BN5OS. The van der Waals surface area contributed by atoms with Gasteiger partial charge in [-0.2, -0.15) is 5.10 Å². The van der Waals surface area contributed by atoms with Crippen LogP contribution in [0.2, 0.25) is 12.6 Å². The van der Waals surface area contributed by atoms with Crippen molar-refractivity contribution in [3.05, 3.63) is 42.0 Å². The third-order valence-corrected chi connectivity index (χ3v) is 6.94. The van der Waals surface area contributed by atoms with Gasteiger partial charge in [-0.1, -0.05) is 36.8 Å². The molecule has 4 aromatic rings. The number of aromatic nitrogens is 4. The molecule has 0 unspecified atom stereocenters. The Morgan fingerprint density at radius 1 is 1.28 bits per heavy atom. The van der Waals surface area contributed by atoms with Gasteiger partial charge in [0.15, 0.2) is 10.7 Å². The lowest BCUT2D eigenvalue weighted by atomic mass is 9.41. The third kappa shape index (κ3) is 3.16. The number of aryl methyl sites for hydroxylation is 1. The van der Waals surface area contributed by atoms with Gasteiger partial charge in [-0.15, -0.1) is 0 Å². The zero-order valence-electron chi connectivity index (χ0n) is 16.4. The number of hydrogen-bond acceptors (Lipinski definition) is 5. The molecule has 1 aliphatic rings. The molecular weight excluding hydrogens is 381 g/mol. The number of nitrogens with zero attached hydrogens (tertiary/aromatic N) is 5. The van der Waals surface area contributed by atoms with Gasteiger partial charge in [-0.05, 0) is 24.6 Å². The van der Waals surface area contributed by atoms with Crippen LogP contribution < -0.4 is 0 Å². The van der Waals surface area contributed by atoms with Crippen molar-refractivity contribution in [1.29, 1.82) is 5.26 Å². The average Bonchev–Trinajstić information content (AvgIpc) is 3.38. The Morgan fingerprint density at radius 2 is 2.07 bits per heavy atom. The lowest BCUT2D eigenvalue weighted by Crippen LogP contribution is -2.18. The highest BCUT2D eigenvalue weighted by atomic mass is 32.1. The first-order chi connectivity index (χ1) is 14.0. The van der Waals surface area contributed by atoms with E-state index in [1.54, 1.807) is 22.9 Å². The second-order valence-electron chi connectivity index (χ2n) is 7.95. The first-order valence-electron chi connectivity index (χ1n) is 9.88. The fourth-order valence-corrected chi connectivity index (χ4v) is 5.29. The molecule has 0 spiro atoms. The van der Waals surface area contributed by atoms with Gasteiger partial charge < -0.3 is 0 Å². The van der Waals surface area contributed by atoms with Gasteiger partial charge in [0.05, 0.1) is 10.6 Å². The first kappa shape index (κ1) is 18.1. The van der Waals surface area contributed by atoms with Crippen molar-refractivity contribution in [2.24, 2.45) is 7.05 Å². The SMILES string of the molecule is CC(=O)c1cc(-c2cn3cc(C4CCB(C#N)CC4)nc3s2)cc2cn(C)nc12. The molecule has 1 fully saturated rings. The van der Waals surface area contributed by atoms with E-state index in [-0.39, 0.29) is 12.5 Å². The number of fused-ring (bicyclic) bond motifs is 2. The highest BCUT2D eigenvalue weighted by Crippen LogP contribution is 2.36. The fraction of sp³-hybridized carbons (Fsp3) is 0.333. The molecule has 144 valence electrons. The van der Waals surface area contributed by atoms with Crippen LogP contribution in [0.3, 0.4) is 0 Å². The van der Waals surface area contributed by atoms with Gasteiger partial charge in [-0.25, -0.2) is 10.2 Å². The average molecular weight is 401 g/mol. The number of carbonyl (C=O) groups excluding carboxylic acids is 1. The highest BCUT2D eigenvalue weighted by Gasteiger charge is 2.27. The van der Waals surface area contributed by atoms with Crippen molar-refractivity contribution in [3.63, 3.8) is 0 Å². The van der Waals surface area contributed by atoms with Gasteiger partial charge in [0.2, 0.25) is 0 Å². The molecule has 1 saturated heterocycles. The van der Waals surface area contributed by atoms with Crippen LogP contribution in [0.25, 0.3) is 26.3 Å². The zero-order valence-corrected chi connectivity index (χ0v) is 17.2. The summed E-state index contributed by atoms with van der Waals surface area (Å²) in [6.07, 6.45) is 10.2. The Hall–Kier alpha value is -2.92. The topological polar surface area (TPSA) is 76.0 Å². The molecule has 0 atom stereocenters. The van der Waals surface area contributed by atoms with E-state index in [2.05, 4.69) is 33.9 Å². The van der Waals surface area contributed by atoms with Crippen molar-refractivity contribution in [2.75, 3.05) is 0 Å². The molecule has 0 bridgehead atoms. The molecule has 0 aliphatic carbocycles. The van der Waals surface area contributed by atoms with Crippen LogP contribution in [0.1, 0.15) is 41.7 Å². The number of benzene rings is 1. The Bertz CT molecular complexity index is 1250. The second-order valence-corrected chi connectivity index (χ2v) is 8.96. The van der Waals surface area contributed by atoms with Crippen LogP contribution >= 0.6 is 11.3 Å². The van der Waals surface area contributed by atoms with Crippen LogP contribution in [-0.4, -0.2) is 31.7 Å². The largest absolute Gasteiger partial charge is 0.297 e. The fourth-order valence-electron chi connectivity index (χ4n) is 4.33. The number of Topliss-reactive ketones (excluding diaryl/α,β-unsaturated/α-hetero) is 1. The third-order valence-electron chi connectivity index (χ3n) is 5.89. The quantitative estimate of drug-likeness (QED) is 0.372. The molecule has 8 heteroatoms. The predicted octanol–water partition coefficient (Wildman–Crippen LogP) is 4.59. The Balaban J connectivity index is 1.49. The van der Waals surface area contributed by atoms with Crippen LogP contribution in [0.4, 0.5) is 0 Å². The molecule has 29 heavy (non-hydrogen) atoms. The summed E-state index contributed by atoms with van der Waals surface area (Å²) in [7, 11) is 1.87. The van der Waals surface area contributed by atoms with E-state index in [0.29, 0.717) is 11.5 Å². The van der Waals surface area contributed by atoms with E-state index in [1.807, 2.05) is 19.3 Å². The van der Waals surface area contributed by atoms with E-state index in [4.69, 9.17) is 10.2 Å². The molecule has 0 saturated carbocycles. The lowest BCUT2D eigenvalue weighted by molar-refractivity contribution is 0.101. The van der Waals surface area contributed by atoms with Crippen LogP contribution in [0.5, 0.6) is 0 Å². The number of hydrogen-bond donors (Lipinski definition) is 0. The molecule has 0 amide bonds. The number of thiazole rings is 1. The van der Waals surface area contributed by atoms with Crippen LogP contribution in [-0.2, 0) is 7.05 Å². The minimum Gasteiger partial charge on any atom is -0.297 e. The van der Waals surface area contributed by atoms with E-state index in [1.165, 1.54) is 0 Å². The lowest BCUT2D eigenvalue weighted by Gasteiger charge is -2.21. The van der Waals surface area contributed by atoms with Crippen molar-refractivity contribution < 1.29 is 4.79 Å². The van der Waals surface area contributed by atoms with Gasteiger partial charge in [-0.3, -0.25) is 13.9 Å². The van der Waals surface area contributed by atoms with Crippen molar-refractivity contribution in [2.45, 2.75) is 38.3 Å². The molecule has 0 radical (unpaired) electrons. The summed E-state index contributed by atoms with van der Waals surface area (Å²) in [4.78, 5) is 19.1. The van der Waals surface area contributed by atoms with E-state index >= 15 is 0 Å². The smallest absolute Gasteiger partial charge is 0.267 e.